The van der Waals surface area contributed by atoms with Crippen LogP contribution in [0.2, 0.25) is 0 Å². The first-order valence-corrected chi connectivity index (χ1v) is 8.06. The highest BCUT2D eigenvalue weighted by atomic mass is 35.5. The van der Waals surface area contributed by atoms with Crippen molar-refractivity contribution in [1.82, 2.24) is 10.2 Å². The van der Waals surface area contributed by atoms with Crippen molar-refractivity contribution < 1.29 is 9.18 Å². The molecule has 3 N–H and O–H groups in total. The Morgan fingerprint density at radius 3 is 2.91 bits per heavy atom. The van der Waals surface area contributed by atoms with E-state index in [4.69, 9.17) is 5.73 Å². The molecule has 1 aliphatic heterocycles. The molecular formula is C17H27ClFN3O. The largest absolute Gasteiger partial charge is 0.354 e. The number of rotatable bonds is 6. The fourth-order valence-electron chi connectivity index (χ4n) is 2.99. The highest BCUT2D eigenvalue weighted by Crippen LogP contribution is 2.20. The molecule has 0 radical (unpaired) electrons. The number of nitrogens with zero attached hydrogens (tertiary/aromatic N) is 1. The molecule has 2 rings (SSSR count). The summed E-state index contributed by atoms with van der Waals surface area (Å²) in [5.41, 5.74) is 7.20. The lowest BCUT2D eigenvalue weighted by Gasteiger charge is -2.36. The van der Waals surface area contributed by atoms with E-state index in [9.17, 15) is 9.18 Å². The third kappa shape index (κ3) is 6.09. The molecule has 0 saturated carbocycles. The first-order chi connectivity index (χ1) is 10.6. The van der Waals surface area contributed by atoms with Crippen LogP contribution in [0.25, 0.3) is 0 Å². The van der Waals surface area contributed by atoms with Gasteiger partial charge in [-0.2, -0.15) is 0 Å². The molecule has 0 bridgehead atoms. The molecule has 1 aromatic rings. The van der Waals surface area contributed by atoms with Gasteiger partial charge < -0.3 is 11.1 Å². The zero-order valence-electron chi connectivity index (χ0n) is 13.7. The van der Waals surface area contributed by atoms with Gasteiger partial charge in [0.25, 0.3) is 0 Å². The van der Waals surface area contributed by atoms with Gasteiger partial charge in [-0.25, -0.2) is 4.39 Å². The number of aryl methyl sites for hydroxylation is 1. The Bertz CT molecular complexity index is 513. The van der Waals surface area contributed by atoms with Crippen molar-refractivity contribution in [2.75, 3.05) is 19.6 Å². The summed E-state index contributed by atoms with van der Waals surface area (Å²) in [7, 11) is 0. The zero-order chi connectivity index (χ0) is 15.9. The summed E-state index contributed by atoms with van der Waals surface area (Å²) in [6, 6.07) is 5.64. The van der Waals surface area contributed by atoms with Crippen molar-refractivity contribution in [3.63, 3.8) is 0 Å². The van der Waals surface area contributed by atoms with Crippen molar-refractivity contribution in [2.24, 2.45) is 5.73 Å². The van der Waals surface area contributed by atoms with Crippen LogP contribution < -0.4 is 11.1 Å². The lowest BCUT2D eigenvalue weighted by atomic mass is 10.0. The minimum Gasteiger partial charge on any atom is -0.354 e. The molecule has 1 saturated heterocycles. The van der Waals surface area contributed by atoms with Crippen LogP contribution in [-0.4, -0.2) is 36.5 Å². The van der Waals surface area contributed by atoms with Crippen molar-refractivity contribution in [3.05, 3.63) is 35.1 Å². The van der Waals surface area contributed by atoms with Gasteiger partial charge in [0, 0.05) is 32.1 Å². The number of halogens is 2. The second-order valence-electron chi connectivity index (χ2n) is 6.05. The number of likely N-dealkylation sites (tertiary alicyclic amines) is 1. The van der Waals surface area contributed by atoms with Crippen LogP contribution in [-0.2, 0) is 11.3 Å². The van der Waals surface area contributed by atoms with E-state index in [1.807, 2.05) is 12.1 Å². The maximum absolute atomic E-state index is 13.4. The maximum atomic E-state index is 13.4. The van der Waals surface area contributed by atoms with E-state index in [0.29, 0.717) is 31.1 Å². The maximum Gasteiger partial charge on any atom is 0.221 e. The lowest BCUT2D eigenvalue weighted by molar-refractivity contribution is -0.121. The number of carbonyl (C=O) groups excluding carboxylic acids is 1. The molecule has 1 aromatic carbocycles. The van der Waals surface area contributed by atoms with E-state index in [0.717, 1.165) is 25.1 Å². The first-order valence-electron chi connectivity index (χ1n) is 8.06. The number of amides is 1. The van der Waals surface area contributed by atoms with Crippen LogP contribution in [0, 0.1) is 12.7 Å². The van der Waals surface area contributed by atoms with E-state index in [-0.39, 0.29) is 24.1 Å². The third-order valence-corrected chi connectivity index (χ3v) is 4.26. The van der Waals surface area contributed by atoms with Gasteiger partial charge in [0.1, 0.15) is 5.82 Å². The van der Waals surface area contributed by atoms with Crippen LogP contribution in [0.4, 0.5) is 4.39 Å². The van der Waals surface area contributed by atoms with E-state index in [1.54, 1.807) is 6.92 Å². The number of hydrogen-bond acceptors (Lipinski definition) is 3. The van der Waals surface area contributed by atoms with E-state index in [1.165, 1.54) is 18.9 Å². The molecule has 6 heteroatoms. The number of nitrogens with two attached hydrogens (primary N) is 1. The van der Waals surface area contributed by atoms with Gasteiger partial charge in [-0.05, 0) is 43.5 Å². The van der Waals surface area contributed by atoms with E-state index in [2.05, 4.69) is 10.2 Å². The molecule has 1 amide bonds. The second kappa shape index (κ2) is 9.85. The minimum absolute atomic E-state index is 0. The van der Waals surface area contributed by atoms with Crippen molar-refractivity contribution in [1.29, 1.82) is 0 Å². The van der Waals surface area contributed by atoms with Crippen LogP contribution in [0.15, 0.2) is 18.2 Å². The topological polar surface area (TPSA) is 58.4 Å². The molecule has 4 nitrogen and oxygen atoms in total. The minimum atomic E-state index is -0.159. The molecule has 1 fully saturated rings. The summed E-state index contributed by atoms with van der Waals surface area (Å²) in [4.78, 5) is 14.0. The second-order valence-corrected chi connectivity index (χ2v) is 6.05. The number of carbonyl (C=O) groups is 1. The van der Waals surface area contributed by atoms with Crippen LogP contribution in [0.3, 0.4) is 0 Å². The fraction of sp³-hybridized carbons (Fsp3) is 0.588. The lowest BCUT2D eigenvalue weighted by Crippen LogP contribution is -2.46. The summed E-state index contributed by atoms with van der Waals surface area (Å²) >= 11 is 0. The normalized spacial score (nSPS) is 18.3. The summed E-state index contributed by atoms with van der Waals surface area (Å²) < 4.78 is 13.4. The molecule has 1 unspecified atom stereocenters. The Balaban J connectivity index is 0.00000264. The van der Waals surface area contributed by atoms with Crippen molar-refractivity contribution >= 4 is 18.3 Å². The van der Waals surface area contributed by atoms with Gasteiger partial charge in [0.05, 0.1) is 0 Å². The van der Waals surface area contributed by atoms with Crippen LogP contribution in [0.5, 0.6) is 0 Å². The molecule has 1 atom stereocenters. The standard InChI is InChI=1S/C17H26FN3O.ClH/c1-13-10-14(5-6-16(13)18)12-21-9-3-2-4-15(21)11-20-17(22)7-8-19;/h5-6,10,15H,2-4,7-9,11-12,19H2,1H3,(H,20,22);1H. The number of nitrogens with one attached hydrogen (secondary N) is 1. The summed E-state index contributed by atoms with van der Waals surface area (Å²) in [6.07, 6.45) is 3.83. The number of hydrogen-bond donors (Lipinski definition) is 2. The van der Waals surface area contributed by atoms with Crippen LogP contribution >= 0.6 is 12.4 Å². The van der Waals surface area contributed by atoms with Gasteiger partial charge >= 0.3 is 0 Å². The molecule has 0 spiro atoms. The Kier molecular flexibility index (Phi) is 8.52. The van der Waals surface area contributed by atoms with Gasteiger partial charge in [-0.15, -0.1) is 12.4 Å². The molecule has 130 valence electrons. The highest BCUT2D eigenvalue weighted by Gasteiger charge is 2.22. The monoisotopic (exact) mass is 343 g/mol. The Morgan fingerprint density at radius 2 is 2.22 bits per heavy atom. The summed E-state index contributed by atoms with van der Waals surface area (Å²) in [5, 5.41) is 2.97. The first kappa shape index (κ1) is 19.9. The van der Waals surface area contributed by atoms with Crippen molar-refractivity contribution in [3.8, 4) is 0 Å². The van der Waals surface area contributed by atoms with Crippen molar-refractivity contribution in [2.45, 2.75) is 45.2 Å². The smallest absolute Gasteiger partial charge is 0.221 e. The Hall–Kier alpha value is -1.17. The summed E-state index contributed by atoms with van der Waals surface area (Å²) in [6.45, 7) is 4.67. The average Bonchev–Trinajstić information content (AvgIpc) is 2.50. The molecule has 23 heavy (non-hydrogen) atoms. The number of piperidine rings is 1. The quantitative estimate of drug-likeness (QED) is 0.833. The summed E-state index contributed by atoms with van der Waals surface area (Å²) in [5.74, 6) is -0.140. The predicted molar refractivity (Wildman–Crippen MR) is 93.1 cm³/mol. The number of benzene rings is 1. The Labute approximate surface area is 144 Å². The zero-order valence-corrected chi connectivity index (χ0v) is 14.5. The molecule has 0 aliphatic carbocycles. The fourth-order valence-corrected chi connectivity index (χ4v) is 2.99. The van der Waals surface area contributed by atoms with Crippen LogP contribution in [0.1, 0.15) is 36.8 Å². The molecule has 1 aliphatic rings. The van der Waals surface area contributed by atoms with Gasteiger partial charge in [-0.1, -0.05) is 18.6 Å². The van der Waals surface area contributed by atoms with Gasteiger partial charge in [0.15, 0.2) is 0 Å². The van der Waals surface area contributed by atoms with Gasteiger partial charge in [-0.3, -0.25) is 9.69 Å². The SMILES string of the molecule is Cc1cc(CN2CCCCC2CNC(=O)CCN)ccc1F.Cl. The molecular weight excluding hydrogens is 317 g/mol. The average molecular weight is 344 g/mol. The molecule has 0 aromatic heterocycles. The van der Waals surface area contributed by atoms with Gasteiger partial charge in [0.2, 0.25) is 5.91 Å². The van der Waals surface area contributed by atoms with E-state index < -0.39 is 0 Å². The van der Waals surface area contributed by atoms with E-state index >= 15 is 0 Å². The highest BCUT2D eigenvalue weighted by molar-refractivity contribution is 5.85. The molecule has 1 heterocycles. The third-order valence-electron chi connectivity index (χ3n) is 4.26. The predicted octanol–water partition coefficient (Wildman–Crippen LogP) is 2.38. The Morgan fingerprint density at radius 1 is 1.43 bits per heavy atom.